The summed E-state index contributed by atoms with van der Waals surface area (Å²) in [5.74, 6) is 0.376. The topological polar surface area (TPSA) is 63.2 Å². The van der Waals surface area contributed by atoms with Gasteiger partial charge in [0, 0.05) is 6.20 Å². The Morgan fingerprint density at radius 3 is 2.46 bits per heavy atom. The van der Waals surface area contributed by atoms with E-state index in [0.29, 0.717) is 18.0 Å². The van der Waals surface area contributed by atoms with Crippen LogP contribution in [0.4, 0.5) is 21.6 Å². The summed E-state index contributed by atoms with van der Waals surface area (Å²) in [6.07, 6.45) is 1.43. The number of nitrogens with one attached hydrogen (secondary N) is 2. The molecule has 5 nitrogen and oxygen atoms in total. The Bertz CT molecular complexity index is 898. The molecular formula is C20H18FN3O2. The highest BCUT2D eigenvalue weighted by atomic mass is 19.1. The number of benzene rings is 2. The van der Waals surface area contributed by atoms with Crippen LogP contribution >= 0.6 is 0 Å². The molecule has 0 atom stereocenters. The van der Waals surface area contributed by atoms with Crippen molar-refractivity contribution in [2.45, 2.75) is 6.92 Å². The minimum atomic E-state index is -0.486. The molecule has 0 spiro atoms. The van der Waals surface area contributed by atoms with Gasteiger partial charge in [-0.3, -0.25) is 4.79 Å². The van der Waals surface area contributed by atoms with E-state index in [0.717, 1.165) is 11.4 Å². The molecule has 0 aliphatic heterocycles. The number of hydrogen-bond donors (Lipinski definition) is 2. The third kappa shape index (κ3) is 4.16. The van der Waals surface area contributed by atoms with Crippen LogP contribution in [0.2, 0.25) is 0 Å². The molecule has 1 heterocycles. The molecule has 2 N–H and O–H groups in total. The van der Waals surface area contributed by atoms with Crippen molar-refractivity contribution in [1.82, 2.24) is 4.98 Å². The van der Waals surface area contributed by atoms with Crippen molar-refractivity contribution in [3.63, 3.8) is 0 Å². The third-order valence-corrected chi connectivity index (χ3v) is 3.60. The van der Waals surface area contributed by atoms with Crippen molar-refractivity contribution in [2.24, 2.45) is 0 Å². The van der Waals surface area contributed by atoms with Gasteiger partial charge in [-0.1, -0.05) is 24.3 Å². The number of halogens is 1. The van der Waals surface area contributed by atoms with Crippen LogP contribution in [0, 0.1) is 5.82 Å². The van der Waals surface area contributed by atoms with E-state index in [1.54, 1.807) is 24.3 Å². The molecule has 0 bridgehead atoms. The third-order valence-electron chi connectivity index (χ3n) is 3.60. The fourth-order valence-corrected chi connectivity index (χ4v) is 2.35. The molecule has 2 aromatic carbocycles. The van der Waals surface area contributed by atoms with E-state index in [9.17, 15) is 9.18 Å². The number of para-hydroxylation sites is 3. The van der Waals surface area contributed by atoms with Crippen molar-refractivity contribution in [1.29, 1.82) is 0 Å². The summed E-state index contributed by atoms with van der Waals surface area (Å²) < 4.78 is 19.2. The second kappa shape index (κ2) is 8.11. The fourth-order valence-electron chi connectivity index (χ4n) is 2.35. The Morgan fingerprint density at radius 1 is 1.04 bits per heavy atom. The highest BCUT2D eigenvalue weighted by Crippen LogP contribution is 2.26. The van der Waals surface area contributed by atoms with E-state index >= 15 is 0 Å². The van der Waals surface area contributed by atoms with Gasteiger partial charge in [-0.2, -0.15) is 0 Å². The van der Waals surface area contributed by atoms with Gasteiger partial charge in [0.05, 0.1) is 23.5 Å². The monoisotopic (exact) mass is 351 g/mol. The normalized spacial score (nSPS) is 10.2. The average Bonchev–Trinajstić information content (AvgIpc) is 2.66. The summed E-state index contributed by atoms with van der Waals surface area (Å²) >= 11 is 0. The molecule has 132 valence electrons. The zero-order valence-electron chi connectivity index (χ0n) is 14.2. The first-order valence-electron chi connectivity index (χ1n) is 8.18. The van der Waals surface area contributed by atoms with E-state index < -0.39 is 11.7 Å². The van der Waals surface area contributed by atoms with Gasteiger partial charge in [-0.15, -0.1) is 0 Å². The van der Waals surface area contributed by atoms with Crippen molar-refractivity contribution in [3.8, 4) is 5.75 Å². The first-order valence-corrected chi connectivity index (χ1v) is 8.18. The zero-order chi connectivity index (χ0) is 18.4. The molecule has 0 saturated carbocycles. The minimum Gasteiger partial charge on any atom is -0.492 e. The van der Waals surface area contributed by atoms with E-state index in [-0.39, 0.29) is 5.69 Å². The predicted octanol–water partition coefficient (Wildman–Crippen LogP) is 4.62. The van der Waals surface area contributed by atoms with Crippen LogP contribution < -0.4 is 15.4 Å². The number of rotatable bonds is 6. The molecule has 0 aliphatic rings. The van der Waals surface area contributed by atoms with Gasteiger partial charge < -0.3 is 15.4 Å². The van der Waals surface area contributed by atoms with Crippen LogP contribution in [0.5, 0.6) is 5.75 Å². The average molecular weight is 351 g/mol. The van der Waals surface area contributed by atoms with Crippen molar-refractivity contribution in [3.05, 3.63) is 78.2 Å². The second-order valence-corrected chi connectivity index (χ2v) is 5.42. The van der Waals surface area contributed by atoms with Gasteiger partial charge in [0.25, 0.3) is 5.91 Å². The van der Waals surface area contributed by atoms with E-state index in [1.165, 1.54) is 18.3 Å². The Balaban J connectivity index is 1.71. The molecule has 1 amide bonds. The zero-order valence-corrected chi connectivity index (χ0v) is 14.2. The summed E-state index contributed by atoms with van der Waals surface area (Å²) in [6.45, 7) is 2.47. The van der Waals surface area contributed by atoms with Crippen LogP contribution in [0.15, 0.2) is 66.9 Å². The number of ether oxygens (including phenoxy) is 1. The van der Waals surface area contributed by atoms with Crippen LogP contribution in [0.3, 0.4) is 0 Å². The lowest BCUT2D eigenvalue weighted by molar-refractivity contribution is 0.102. The van der Waals surface area contributed by atoms with Gasteiger partial charge in [-0.25, -0.2) is 9.37 Å². The molecule has 0 saturated heterocycles. The summed E-state index contributed by atoms with van der Waals surface area (Å²) in [7, 11) is 0. The summed E-state index contributed by atoms with van der Waals surface area (Å²) in [5, 5.41) is 5.68. The lowest BCUT2D eigenvalue weighted by Gasteiger charge is -2.12. The van der Waals surface area contributed by atoms with Crippen LogP contribution in [0.25, 0.3) is 0 Å². The molecule has 0 unspecified atom stereocenters. The molecular weight excluding hydrogens is 333 g/mol. The molecule has 1 aromatic heterocycles. The van der Waals surface area contributed by atoms with E-state index in [4.69, 9.17) is 4.74 Å². The Morgan fingerprint density at radius 2 is 1.77 bits per heavy atom. The molecule has 0 radical (unpaired) electrons. The number of anilines is 3. The Labute approximate surface area is 150 Å². The molecule has 3 aromatic rings. The Kier molecular flexibility index (Phi) is 5.43. The summed E-state index contributed by atoms with van der Waals surface area (Å²) in [5.41, 5.74) is 1.24. The summed E-state index contributed by atoms with van der Waals surface area (Å²) in [4.78, 5) is 16.5. The maximum absolute atomic E-state index is 13.6. The lowest BCUT2D eigenvalue weighted by Crippen LogP contribution is -2.13. The number of hydrogen-bond acceptors (Lipinski definition) is 4. The number of aromatic nitrogens is 1. The second-order valence-electron chi connectivity index (χ2n) is 5.42. The number of carbonyl (C=O) groups is 1. The van der Waals surface area contributed by atoms with Gasteiger partial charge in [0.1, 0.15) is 17.4 Å². The number of amides is 1. The molecule has 6 heteroatoms. The predicted molar refractivity (Wildman–Crippen MR) is 99.5 cm³/mol. The van der Waals surface area contributed by atoms with Crippen LogP contribution in [-0.2, 0) is 0 Å². The van der Waals surface area contributed by atoms with Crippen LogP contribution in [-0.4, -0.2) is 17.5 Å². The van der Waals surface area contributed by atoms with E-state index in [2.05, 4.69) is 15.6 Å². The van der Waals surface area contributed by atoms with Gasteiger partial charge in [-0.05, 0) is 43.3 Å². The first kappa shape index (κ1) is 17.4. The quantitative estimate of drug-likeness (QED) is 0.680. The molecule has 0 fully saturated rings. The maximum Gasteiger partial charge on any atom is 0.257 e. The van der Waals surface area contributed by atoms with Crippen molar-refractivity contribution < 1.29 is 13.9 Å². The minimum absolute atomic E-state index is 0.130. The molecule has 26 heavy (non-hydrogen) atoms. The maximum atomic E-state index is 13.6. The summed E-state index contributed by atoms with van der Waals surface area (Å²) in [6, 6.07) is 16.8. The lowest BCUT2D eigenvalue weighted by atomic mass is 10.2. The number of carbonyl (C=O) groups excluding carboxylic acids is 1. The van der Waals surface area contributed by atoms with Crippen LogP contribution in [0.1, 0.15) is 17.3 Å². The van der Waals surface area contributed by atoms with Crippen molar-refractivity contribution in [2.75, 3.05) is 17.2 Å². The fraction of sp³-hybridized carbons (Fsp3) is 0.100. The smallest absolute Gasteiger partial charge is 0.257 e. The van der Waals surface area contributed by atoms with Gasteiger partial charge in [0.15, 0.2) is 0 Å². The van der Waals surface area contributed by atoms with E-state index in [1.807, 2.05) is 31.2 Å². The highest BCUT2D eigenvalue weighted by molar-refractivity contribution is 6.04. The van der Waals surface area contributed by atoms with Gasteiger partial charge >= 0.3 is 0 Å². The standard InChI is InChI=1S/C20H18FN3O2/c1-2-26-18-10-6-5-9-17(18)23-19-12-11-14(13-22-19)20(25)24-16-8-4-3-7-15(16)21/h3-13H,2H2,1H3,(H,22,23)(H,24,25). The van der Waals surface area contributed by atoms with Crippen molar-refractivity contribution >= 4 is 23.1 Å². The van der Waals surface area contributed by atoms with Gasteiger partial charge in [0.2, 0.25) is 0 Å². The SMILES string of the molecule is CCOc1ccccc1Nc1ccc(C(=O)Nc2ccccc2F)cn1. The first-order chi connectivity index (χ1) is 12.7. The number of pyridine rings is 1. The molecule has 0 aliphatic carbocycles. The Hall–Kier alpha value is -3.41. The highest BCUT2D eigenvalue weighted by Gasteiger charge is 2.10. The largest absolute Gasteiger partial charge is 0.492 e. The molecule has 3 rings (SSSR count). The number of nitrogens with zero attached hydrogens (tertiary/aromatic N) is 1.